The Kier molecular flexibility index (Phi) is 5.52. The Morgan fingerprint density at radius 2 is 1.11 bits per heavy atom. The van der Waals surface area contributed by atoms with Crippen molar-refractivity contribution in [2.45, 2.75) is 0 Å². The van der Waals surface area contributed by atoms with Crippen LogP contribution in [0.5, 0.6) is 0 Å². The second-order valence-corrected chi connectivity index (χ2v) is 9.55. The van der Waals surface area contributed by atoms with Crippen molar-refractivity contribution in [2.24, 2.45) is 0 Å². The van der Waals surface area contributed by atoms with E-state index < -0.39 is 0 Å². The van der Waals surface area contributed by atoms with Gasteiger partial charge in [-0.3, -0.25) is 4.79 Å². The summed E-state index contributed by atoms with van der Waals surface area (Å²) in [4.78, 5) is 12.6. The Morgan fingerprint density at radius 3 is 1.77 bits per heavy atom. The molecule has 0 N–H and O–H groups in total. The number of benzene rings is 6. The maximum atomic E-state index is 12.6. The number of hydrogen-bond donors (Lipinski definition) is 0. The second kappa shape index (κ2) is 8.98. The van der Waals surface area contributed by atoms with Crippen molar-refractivity contribution in [2.75, 3.05) is 0 Å². The summed E-state index contributed by atoms with van der Waals surface area (Å²) in [7, 11) is 0. The van der Waals surface area contributed by atoms with Gasteiger partial charge in [0.15, 0.2) is 6.29 Å². The molecule has 0 bridgehead atoms. The number of carbonyl (C=O) groups is 1. The molecule has 1 nitrogen and oxygen atoms in total. The van der Waals surface area contributed by atoms with Crippen molar-refractivity contribution in [3.8, 4) is 33.4 Å². The summed E-state index contributed by atoms with van der Waals surface area (Å²) in [5.41, 5.74) is 7.28. The standard InChI is InChI=1S/C33H21BrO/c34-26-17-15-23(16-18-26)29-19-25(22-9-3-1-4-10-22)20-30-27-13-7-8-14-28(27)31(21-35)32(33(29)30)24-11-5-2-6-12-24/h1-21H. The Hall–Kier alpha value is -4.01. The third-order valence-corrected chi connectivity index (χ3v) is 7.14. The summed E-state index contributed by atoms with van der Waals surface area (Å²) in [5.74, 6) is 0. The molecule has 0 heterocycles. The number of halogens is 1. The number of rotatable bonds is 4. The Labute approximate surface area is 212 Å². The van der Waals surface area contributed by atoms with Crippen molar-refractivity contribution in [3.63, 3.8) is 0 Å². The van der Waals surface area contributed by atoms with Crippen LogP contribution in [0.25, 0.3) is 54.9 Å². The fourth-order valence-electron chi connectivity index (χ4n) is 5.03. The highest BCUT2D eigenvalue weighted by atomic mass is 79.9. The summed E-state index contributed by atoms with van der Waals surface area (Å²) in [6, 6.07) is 41.9. The molecule has 6 aromatic carbocycles. The molecule has 0 saturated heterocycles. The highest BCUT2D eigenvalue weighted by Crippen LogP contribution is 2.45. The lowest BCUT2D eigenvalue weighted by atomic mass is 9.83. The molecular weight excluding hydrogens is 492 g/mol. The summed E-state index contributed by atoms with van der Waals surface area (Å²) in [5, 5.41) is 4.30. The molecule has 2 heteroatoms. The lowest BCUT2D eigenvalue weighted by Gasteiger charge is -2.20. The van der Waals surface area contributed by atoms with E-state index in [1.807, 2.05) is 36.4 Å². The fourth-order valence-corrected chi connectivity index (χ4v) is 5.29. The Bertz CT molecular complexity index is 1690. The first-order chi connectivity index (χ1) is 17.2. The van der Waals surface area contributed by atoms with Gasteiger partial charge in [-0.2, -0.15) is 0 Å². The fraction of sp³-hybridized carbons (Fsp3) is 0. The van der Waals surface area contributed by atoms with Gasteiger partial charge in [0.2, 0.25) is 0 Å². The summed E-state index contributed by atoms with van der Waals surface area (Å²) in [6.07, 6.45) is 1.01. The van der Waals surface area contributed by atoms with Crippen LogP contribution in [0.1, 0.15) is 10.4 Å². The van der Waals surface area contributed by atoms with Gasteiger partial charge in [0.05, 0.1) is 0 Å². The minimum atomic E-state index is 0.727. The zero-order valence-corrected chi connectivity index (χ0v) is 20.5. The van der Waals surface area contributed by atoms with Crippen LogP contribution in [0.2, 0.25) is 0 Å². The van der Waals surface area contributed by atoms with Crippen LogP contribution in [0, 0.1) is 0 Å². The molecule has 0 atom stereocenters. The SMILES string of the molecule is O=Cc1c(-c2ccccc2)c2c(-c3ccc(Br)cc3)cc(-c3ccccc3)cc2c2ccccc12. The Morgan fingerprint density at radius 1 is 0.514 bits per heavy atom. The van der Waals surface area contributed by atoms with Gasteiger partial charge in [0.1, 0.15) is 0 Å². The summed E-state index contributed by atoms with van der Waals surface area (Å²) >= 11 is 3.58. The van der Waals surface area contributed by atoms with Gasteiger partial charge in [-0.1, -0.05) is 113 Å². The molecular formula is C33H21BrO. The quantitative estimate of drug-likeness (QED) is 0.169. The van der Waals surface area contributed by atoms with Gasteiger partial charge >= 0.3 is 0 Å². The number of aldehydes is 1. The number of carbonyl (C=O) groups excluding carboxylic acids is 1. The zero-order valence-electron chi connectivity index (χ0n) is 18.9. The molecule has 0 aliphatic rings. The largest absolute Gasteiger partial charge is 0.298 e. The second-order valence-electron chi connectivity index (χ2n) is 8.64. The third kappa shape index (κ3) is 3.77. The van der Waals surface area contributed by atoms with Gasteiger partial charge < -0.3 is 0 Å². The molecule has 0 saturated carbocycles. The molecule has 0 amide bonds. The van der Waals surface area contributed by atoms with Crippen LogP contribution in [0.15, 0.2) is 126 Å². The summed E-state index contributed by atoms with van der Waals surface area (Å²) < 4.78 is 1.03. The molecule has 0 aromatic heterocycles. The van der Waals surface area contributed by atoms with Gasteiger partial charge in [-0.05, 0) is 73.6 Å². The van der Waals surface area contributed by atoms with Crippen LogP contribution >= 0.6 is 15.9 Å². The van der Waals surface area contributed by atoms with E-state index >= 15 is 0 Å². The number of fused-ring (bicyclic) bond motifs is 3. The minimum Gasteiger partial charge on any atom is -0.298 e. The van der Waals surface area contributed by atoms with E-state index in [1.165, 1.54) is 0 Å². The average Bonchev–Trinajstić information content (AvgIpc) is 2.93. The molecule has 35 heavy (non-hydrogen) atoms. The molecule has 0 radical (unpaired) electrons. The first-order valence-corrected chi connectivity index (χ1v) is 12.4. The van der Waals surface area contributed by atoms with E-state index in [4.69, 9.17) is 0 Å². The molecule has 0 aliphatic heterocycles. The van der Waals surface area contributed by atoms with Crippen molar-refractivity contribution in [3.05, 3.63) is 131 Å². The van der Waals surface area contributed by atoms with Crippen molar-refractivity contribution >= 4 is 43.8 Å². The number of hydrogen-bond acceptors (Lipinski definition) is 1. The molecule has 0 fully saturated rings. The van der Waals surface area contributed by atoms with E-state index in [1.54, 1.807) is 0 Å². The minimum absolute atomic E-state index is 0.727. The summed E-state index contributed by atoms with van der Waals surface area (Å²) in [6.45, 7) is 0. The monoisotopic (exact) mass is 512 g/mol. The van der Waals surface area contributed by atoms with Crippen LogP contribution in [0.4, 0.5) is 0 Å². The predicted molar refractivity (Wildman–Crippen MR) is 151 cm³/mol. The first-order valence-electron chi connectivity index (χ1n) is 11.6. The molecule has 166 valence electrons. The molecule has 0 unspecified atom stereocenters. The van der Waals surface area contributed by atoms with Crippen LogP contribution < -0.4 is 0 Å². The molecule has 6 rings (SSSR count). The maximum absolute atomic E-state index is 12.6. The van der Waals surface area contributed by atoms with Crippen molar-refractivity contribution < 1.29 is 4.79 Å². The lowest BCUT2D eigenvalue weighted by Crippen LogP contribution is -1.96. The average molecular weight is 513 g/mol. The van der Waals surface area contributed by atoms with Crippen molar-refractivity contribution in [1.29, 1.82) is 0 Å². The maximum Gasteiger partial charge on any atom is 0.151 e. The van der Waals surface area contributed by atoms with Gasteiger partial charge in [0, 0.05) is 15.6 Å². The van der Waals surface area contributed by atoms with Crippen LogP contribution in [0.3, 0.4) is 0 Å². The highest BCUT2D eigenvalue weighted by molar-refractivity contribution is 9.10. The van der Waals surface area contributed by atoms with E-state index in [0.29, 0.717) is 0 Å². The lowest BCUT2D eigenvalue weighted by molar-refractivity contribution is 0.112. The molecule has 0 spiro atoms. The van der Waals surface area contributed by atoms with E-state index in [2.05, 4.69) is 101 Å². The molecule has 0 aliphatic carbocycles. The van der Waals surface area contributed by atoms with Crippen molar-refractivity contribution in [1.82, 2.24) is 0 Å². The smallest absolute Gasteiger partial charge is 0.151 e. The predicted octanol–water partition coefficient (Wildman–Crippen LogP) is 9.57. The zero-order chi connectivity index (χ0) is 23.8. The van der Waals surface area contributed by atoms with Gasteiger partial charge in [-0.25, -0.2) is 0 Å². The molecule has 6 aromatic rings. The van der Waals surface area contributed by atoms with Gasteiger partial charge in [-0.15, -0.1) is 0 Å². The third-order valence-electron chi connectivity index (χ3n) is 6.61. The first kappa shape index (κ1) is 21.5. The van der Waals surface area contributed by atoms with E-state index in [0.717, 1.165) is 71.2 Å². The van der Waals surface area contributed by atoms with Crippen LogP contribution in [-0.2, 0) is 0 Å². The Balaban J connectivity index is 1.86. The topological polar surface area (TPSA) is 17.1 Å². The van der Waals surface area contributed by atoms with Crippen LogP contribution in [-0.4, -0.2) is 6.29 Å². The highest BCUT2D eigenvalue weighted by Gasteiger charge is 2.20. The van der Waals surface area contributed by atoms with Gasteiger partial charge in [0.25, 0.3) is 0 Å². The van der Waals surface area contributed by atoms with E-state index in [9.17, 15) is 4.79 Å². The normalized spacial score (nSPS) is 11.1. The van der Waals surface area contributed by atoms with E-state index in [-0.39, 0.29) is 0 Å².